The fourth-order valence-electron chi connectivity index (χ4n) is 1.33. The molecule has 1 aromatic rings. The second-order valence-corrected chi connectivity index (χ2v) is 4.60. The maximum atomic E-state index is 5.81. The van der Waals surface area contributed by atoms with E-state index >= 15 is 0 Å². The average Bonchev–Trinajstić information content (AvgIpc) is 2.19. The van der Waals surface area contributed by atoms with Crippen molar-refractivity contribution < 1.29 is 0 Å². The summed E-state index contributed by atoms with van der Waals surface area (Å²) in [6, 6.07) is 8.27. The Bertz CT molecular complexity index is 319. The summed E-state index contributed by atoms with van der Waals surface area (Å²) in [5.41, 5.74) is 1.26. The van der Waals surface area contributed by atoms with Crippen LogP contribution in [-0.2, 0) is 6.42 Å². The van der Waals surface area contributed by atoms with Gasteiger partial charge in [0, 0.05) is 22.6 Å². The molecule has 3 heteroatoms. The molecule has 0 amide bonds. The van der Waals surface area contributed by atoms with E-state index in [9.17, 15) is 0 Å². The predicted octanol–water partition coefficient (Wildman–Crippen LogP) is 3.61. The van der Waals surface area contributed by atoms with Crippen LogP contribution < -0.4 is 5.32 Å². The summed E-state index contributed by atoms with van der Waals surface area (Å²) in [6.45, 7) is 6.40. The number of halogens is 2. The molecule has 15 heavy (non-hydrogen) atoms. The molecule has 1 atom stereocenters. The highest BCUT2D eigenvalue weighted by Crippen LogP contribution is 2.11. The van der Waals surface area contributed by atoms with Crippen LogP contribution in [-0.4, -0.2) is 12.6 Å². The molecule has 1 aromatic carbocycles. The Kier molecular flexibility index (Phi) is 5.16. The number of hydrogen-bond donors (Lipinski definition) is 1. The number of hydrogen-bond acceptors (Lipinski definition) is 1. The summed E-state index contributed by atoms with van der Waals surface area (Å²) < 4.78 is 0. The van der Waals surface area contributed by atoms with Crippen LogP contribution in [0, 0.1) is 0 Å². The standard InChI is InChI=1S/C12H15Cl2N/c1-9(13)8-15-10(2)7-11-3-5-12(14)6-4-11/h3-6,10,15H,1,7-8H2,2H3. The second-order valence-electron chi connectivity index (χ2n) is 3.63. The van der Waals surface area contributed by atoms with Gasteiger partial charge in [-0.15, -0.1) is 0 Å². The van der Waals surface area contributed by atoms with Crippen molar-refractivity contribution in [1.82, 2.24) is 5.32 Å². The molecule has 1 unspecified atom stereocenters. The fraction of sp³-hybridized carbons (Fsp3) is 0.333. The van der Waals surface area contributed by atoms with Crippen molar-refractivity contribution in [2.45, 2.75) is 19.4 Å². The molecule has 0 saturated heterocycles. The maximum absolute atomic E-state index is 5.81. The Morgan fingerprint density at radius 2 is 2.00 bits per heavy atom. The van der Waals surface area contributed by atoms with E-state index in [0.29, 0.717) is 17.6 Å². The highest BCUT2D eigenvalue weighted by Gasteiger charge is 2.02. The highest BCUT2D eigenvalue weighted by molar-refractivity contribution is 6.30. The number of nitrogens with one attached hydrogen (secondary N) is 1. The van der Waals surface area contributed by atoms with E-state index in [1.54, 1.807) is 0 Å². The van der Waals surface area contributed by atoms with Gasteiger partial charge in [0.05, 0.1) is 0 Å². The summed E-state index contributed by atoms with van der Waals surface area (Å²) in [5, 5.41) is 4.69. The van der Waals surface area contributed by atoms with E-state index in [4.69, 9.17) is 23.2 Å². The van der Waals surface area contributed by atoms with Crippen LogP contribution in [0.4, 0.5) is 0 Å². The summed E-state index contributed by atoms with van der Waals surface area (Å²) in [7, 11) is 0. The molecule has 0 aromatic heterocycles. The smallest absolute Gasteiger partial charge is 0.0406 e. The zero-order valence-electron chi connectivity index (χ0n) is 8.76. The van der Waals surface area contributed by atoms with Gasteiger partial charge in [0.1, 0.15) is 0 Å². The molecular formula is C12H15Cl2N. The molecule has 0 aliphatic carbocycles. The summed E-state index contributed by atoms with van der Waals surface area (Å²) in [4.78, 5) is 0. The number of benzene rings is 1. The van der Waals surface area contributed by atoms with Gasteiger partial charge in [-0.05, 0) is 31.0 Å². The van der Waals surface area contributed by atoms with E-state index in [2.05, 4.69) is 18.8 Å². The predicted molar refractivity (Wildman–Crippen MR) is 67.6 cm³/mol. The first kappa shape index (κ1) is 12.6. The first-order valence-corrected chi connectivity index (χ1v) is 5.64. The van der Waals surface area contributed by atoms with Crippen LogP contribution >= 0.6 is 23.2 Å². The topological polar surface area (TPSA) is 12.0 Å². The van der Waals surface area contributed by atoms with Crippen molar-refractivity contribution in [3.63, 3.8) is 0 Å². The van der Waals surface area contributed by atoms with Gasteiger partial charge in [0.2, 0.25) is 0 Å². The van der Waals surface area contributed by atoms with Gasteiger partial charge in [0.15, 0.2) is 0 Å². The summed E-state index contributed by atoms with van der Waals surface area (Å²) >= 11 is 11.5. The Labute approximate surface area is 101 Å². The lowest BCUT2D eigenvalue weighted by molar-refractivity contribution is 0.578. The van der Waals surface area contributed by atoms with Gasteiger partial charge in [-0.2, -0.15) is 0 Å². The second kappa shape index (κ2) is 6.16. The fourth-order valence-corrected chi connectivity index (χ4v) is 1.53. The minimum absolute atomic E-state index is 0.377. The summed E-state index contributed by atoms with van der Waals surface area (Å²) in [5.74, 6) is 0. The van der Waals surface area contributed by atoms with Gasteiger partial charge in [-0.3, -0.25) is 0 Å². The van der Waals surface area contributed by atoms with E-state index in [1.165, 1.54) is 5.56 Å². The lowest BCUT2D eigenvalue weighted by Crippen LogP contribution is -2.28. The molecule has 0 spiro atoms. The van der Waals surface area contributed by atoms with Crippen molar-refractivity contribution >= 4 is 23.2 Å². The highest BCUT2D eigenvalue weighted by atomic mass is 35.5. The van der Waals surface area contributed by atoms with Gasteiger partial charge >= 0.3 is 0 Å². The molecule has 0 aliphatic rings. The monoisotopic (exact) mass is 243 g/mol. The SMILES string of the molecule is C=C(Cl)CNC(C)Cc1ccc(Cl)cc1. The molecule has 0 bridgehead atoms. The largest absolute Gasteiger partial charge is 0.309 e. The first-order chi connectivity index (χ1) is 7.08. The minimum Gasteiger partial charge on any atom is -0.309 e. The average molecular weight is 244 g/mol. The van der Waals surface area contributed by atoms with Crippen molar-refractivity contribution in [3.8, 4) is 0 Å². The third kappa shape index (κ3) is 5.22. The molecule has 1 nitrogen and oxygen atoms in total. The molecule has 0 aliphatic heterocycles. The van der Waals surface area contributed by atoms with Gasteiger partial charge in [-0.1, -0.05) is 41.9 Å². The van der Waals surface area contributed by atoms with Crippen LogP contribution in [0.5, 0.6) is 0 Å². The van der Waals surface area contributed by atoms with Gasteiger partial charge < -0.3 is 5.32 Å². The Hall–Kier alpha value is -0.500. The lowest BCUT2D eigenvalue weighted by atomic mass is 10.1. The van der Waals surface area contributed by atoms with Crippen molar-refractivity contribution in [1.29, 1.82) is 0 Å². The van der Waals surface area contributed by atoms with Gasteiger partial charge in [0.25, 0.3) is 0 Å². The lowest BCUT2D eigenvalue weighted by Gasteiger charge is -2.13. The van der Waals surface area contributed by atoms with E-state index in [1.807, 2.05) is 24.3 Å². The quantitative estimate of drug-likeness (QED) is 0.834. The normalized spacial score (nSPS) is 12.5. The molecule has 0 heterocycles. The maximum Gasteiger partial charge on any atom is 0.0406 e. The molecule has 82 valence electrons. The van der Waals surface area contributed by atoms with Crippen LogP contribution in [0.3, 0.4) is 0 Å². The Balaban J connectivity index is 2.40. The molecule has 1 N–H and O–H groups in total. The van der Waals surface area contributed by atoms with Crippen molar-refractivity contribution in [2.24, 2.45) is 0 Å². The zero-order valence-corrected chi connectivity index (χ0v) is 10.3. The minimum atomic E-state index is 0.377. The van der Waals surface area contributed by atoms with Crippen LogP contribution in [0.1, 0.15) is 12.5 Å². The van der Waals surface area contributed by atoms with E-state index in [-0.39, 0.29) is 0 Å². The first-order valence-electron chi connectivity index (χ1n) is 4.89. The third-order valence-corrected chi connectivity index (χ3v) is 2.48. The molecule has 0 fully saturated rings. The summed E-state index contributed by atoms with van der Waals surface area (Å²) in [6.07, 6.45) is 0.960. The van der Waals surface area contributed by atoms with Crippen molar-refractivity contribution in [3.05, 3.63) is 46.5 Å². The van der Waals surface area contributed by atoms with E-state index < -0.39 is 0 Å². The Morgan fingerprint density at radius 3 is 2.53 bits per heavy atom. The van der Waals surface area contributed by atoms with E-state index in [0.717, 1.165) is 11.4 Å². The third-order valence-electron chi connectivity index (χ3n) is 2.10. The van der Waals surface area contributed by atoms with Gasteiger partial charge in [-0.25, -0.2) is 0 Å². The number of rotatable bonds is 5. The molecular weight excluding hydrogens is 229 g/mol. The molecule has 0 saturated carbocycles. The molecule has 0 radical (unpaired) electrons. The molecule has 1 rings (SSSR count). The Morgan fingerprint density at radius 1 is 1.40 bits per heavy atom. The zero-order chi connectivity index (χ0) is 11.3. The van der Waals surface area contributed by atoms with Crippen molar-refractivity contribution in [2.75, 3.05) is 6.54 Å². The van der Waals surface area contributed by atoms with Crippen LogP contribution in [0.2, 0.25) is 5.02 Å². The van der Waals surface area contributed by atoms with Crippen LogP contribution in [0.25, 0.3) is 0 Å². The van der Waals surface area contributed by atoms with Crippen LogP contribution in [0.15, 0.2) is 35.9 Å².